The number of anilines is 1. The summed E-state index contributed by atoms with van der Waals surface area (Å²) in [4.78, 5) is 12.0. The van der Waals surface area contributed by atoms with Crippen molar-refractivity contribution in [1.29, 1.82) is 0 Å². The number of nitrogens with one attached hydrogen (secondary N) is 1. The summed E-state index contributed by atoms with van der Waals surface area (Å²) in [6.07, 6.45) is 1.96. The molecule has 0 bridgehead atoms. The van der Waals surface area contributed by atoms with Crippen LogP contribution in [0.5, 0.6) is 0 Å². The largest absolute Gasteiger partial charge is 0.355 e. The van der Waals surface area contributed by atoms with Crippen molar-refractivity contribution in [3.63, 3.8) is 0 Å². The van der Waals surface area contributed by atoms with E-state index < -0.39 is 10.0 Å². The smallest absolute Gasteiger partial charge is 0.240 e. The number of rotatable bonds is 7. The molecule has 7 heteroatoms. The average Bonchev–Trinajstić information content (AvgIpc) is 2.37. The fraction of sp³-hybridized carbons (Fsp3) is 0.533. The minimum atomic E-state index is -3.53. The van der Waals surface area contributed by atoms with Crippen molar-refractivity contribution in [3.05, 3.63) is 28.2 Å². The van der Waals surface area contributed by atoms with Gasteiger partial charge in [-0.2, -0.15) is 0 Å². The van der Waals surface area contributed by atoms with E-state index in [0.29, 0.717) is 18.2 Å². The van der Waals surface area contributed by atoms with Gasteiger partial charge in [-0.25, -0.2) is 8.42 Å². The van der Waals surface area contributed by atoms with Gasteiger partial charge in [0.05, 0.1) is 11.9 Å². The molecule has 1 aromatic rings. The van der Waals surface area contributed by atoms with Gasteiger partial charge in [0.15, 0.2) is 0 Å². The van der Waals surface area contributed by atoms with E-state index in [2.05, 4.69) is 35.1 Å². The Bertz CT molecular complexity index is 630. The van der Waals surface area contributed by atoms with Crippen LogP contribution in [0, 0.1) is 12.8 Å². The number of carbonyl (C=O) groups excluding carboxylic acids is 1. The number of hydrogen-bond donors (Lipinski definition) is 1. The maximum atomic E-state index is 12.0. The number of hydrogen-bond acceptors (Lipinski definition) is 3. The minimum absolute atomic E-state index is 0.216. The molecular weight excluding hydrogens is 368 g/mol. The number of amides is 1. The molecule has 1 amide bonds. The van der Waals surface area contributed by atoms with Gasteiger partial charge in [0.25, 0.3) is 0 Å². The van der Waals surface area contributed by atoms with Crippen molar-refractivity contribution in [3.8, 4) is 0 Å². The number of carbonyl (C=O) groups is 1. The highest BCUT2D eigenvalue weighted by atomic mass is 79.9. The van der Waals surface area contributed by atoms with E-state index in [-0.39, 0.29) is 12.5 Å². The van der Waals surface area contributed by atoms with Crippen molar-refractivity contribution >= 4 is 37.5 Å². The Balaban J connectivity index is 2.86. The molecule has 0 spiro atoms. The molecule has 0 heterocycles. The first-order valence-corrected chi connectivity index (χ1v) is 9.76. The third kappa shape index (κ3) is 5.96. The molecule has 1 N–H and O–H groups in total. The van der Waals surface area contributed by atoms with E-state index in [9.17, 15) is 13.2 Å². The van der Waals surface area contributed by atoms with E-state index in [4.69, 9.17) is 0 Å². The molecule has 22 heavy (non-hydrogen) atoms. The third-order valence-corrected chi connectivity index (χ3v) is 5.17. The van der Waals surface area contributed by atoms with Crippen molar-refractivity contribution in [2.24, 2.45) is 5.92 Å². The normalized spacial score (nSPS) is 11.5. The highest BCUT2D eigenvalue weighted by molar-refractivity contribution is 9.10. The Labute approximate surface area is 141 Å². The SMILES string of the molecule is Cc1ccc(N(CC(=O)NCCC(C)C)S(C)(=O)=O)cc1Br. The maximum absolute atomic E-state index is 12.0. The summed E-state index contributed by atoms with van der Waals surface area (Å²) < 4.78 is 25.9. The van der Waals surface area contributed by atoms with Crippen LogP contribution in [0.15, 0.2) is 22.7 Å². The molecule has 1 rings (SSSR count). The van der Waals surface area contributed by atoms with Gasteiger partial charge in [0.1, 0.15) is 6.54 Å². The standard InChI is InChI=1S/C15H23BrN2O3S/c1-11(2)7-8-17-15(19)10-18(22(4,20)21)13-6-5-12(3)14(16)9-13/h5-6,9,11H,7-8,10H2,1-4H3,(H,17,19). The second-order valence-corrected chi connectivity index (χ2v) is 8.50. The van der Waals surface area contributed by atoms with E-state index >= 15 is 0 Å². The lowest BCUT2D eigenvalue weighted by atomic mass is 10.1. The van der Waals surface area contributed by atoms with Gasteiger partial charge in [-0.3, -0.25) is 9.10 Å². The first kappa shape index (κ1) is 19.0. The van der Waals surface area contributed by atoms with E-state index in [1.165, 1.54) is 0 Å². The molecule has 5 nitrogen and oxygen atoms in total. The summed E-state index contributed by atoms with van der Waals surface area (Å²) in [5.41, 5.74) is 1.47. The zero-order valence-electron chi connectivity index (χ0n) is 13.4. The molecule has 0 saturated carbocycles. The van der Waals surface area contributed by atoms with Crippen LogP contribution < -0.4 is 9.62 Å². The fourth-order valence-corrected chi connectivity index (χ4v) is 3.04. The summed E-state index contributed by atoms with van der Waals surface area (Å²) >= 11 is 3.38. The average molecular weight is 391 g/mol. The van der Waals surface area contributed by atoms with Crippen LogP contribution in [0.2, 0.25) is 0 Å². The predicted octanol–water partition coefficient (Wildman–Crippen LogP) is 2.69. The molecule has 1 aromatic carbocycles. The van der Waals surface area contributed by atoms with Gasteiger partial charge in [-0.05, 0) is 37.0 Å². The number of benzene rings is 1. The van der Waals surface area contributed by atoms with Crippen LogP contribution in [0.3, 0.4) is 0 Å². The second kappa shape index (κ2) is 7.97. The second-order valence-electron chi connectivity index (χ2n) is 5.74. The fourth-order valence-electron chi connectivity index (χ4n) is 1.82. The Kier molecular flexibility index (Phi) is 6.87. The van der Waals surface area contributed by atoms with Crippen LogP contribution in [0.25, 0.3) is 0 Å². The molecule has 0 atom stereocenters. The van der Waals surface area contributed by atoms with Crippen LogP contribution >= 0.6 is 15.9 Å². The lowest BCUT2D eigenvalue weighted by Crippen LogP contribution is -2.40. The number of aryl methyl sites for hydroxylation is 1. The highest BCUT2D eigenvalue weighted by Crippen LogP contribution is 2.25. The van der Waals surface area contributed by atoms with Crippen LogP contribution in [-0.2, 0) is 14.8 Å². The monoisotopic (exact) mass is 390 g/mol. The van der Waals surface area contributed by atoms with E-state index in [1.54, 1.807) is 12.1 Å². The number of nitrogens with zero attached hydrogens (tertiary/aromatic N) is 1. The van der Waals surface area contributed by atoms with Gasteiger partial charge < -0.3 is 5.32 Å². The van der Waals surface area contributed by atoms with Crippen molar-refractivity contribution in [2.75, 3.05) is 23.7 Å². The highest BCUT2D eigenvalue weighted by Gasteiger charge is 2.21. The Morgan fingerprint density at radius 1 is 1.36 bits per heavy atom. The predicted molar refractivity (Wildman–Crippen MR) is 93.5 cm³/mol. The first-order chi connectivity index (χ1) is 10.1. The molecule has 0 aliphatic rings. The summed E-state index contributed by atoms with van der Waals surface area (Å²) in [6.45, 7) is 6.38. The Morgan fingerprint density at radius 2 is 2.00 bits per heavy atom. The zero-order chi connectivity index (χ0) is 16.9. The molecule has 0 radical (unpaired) electrons. The summed E-state index contributed by atoms with van der Waals surface area (Å²) in [5.74, 6) is 0.183. The van der Waals surface area contributed by atoms with Gasteiger partial charge >= 0.3 is 0 Å². The van der Waals surface area contributed by atoms with Gasteiger partial charge in [-0.1, -0.05) is 35.8 Å². The summed E-state index contributed by atoms with van der Waals surface area (Å²) in [7, 11) is -3.53. The zero-order valence-corrected chi connectivity index (χ0v) is 15.8. The minimum Gasteiger partial charge on any atom is -0.355 e. The Hall–Kier alpha value is -1.08. The molecular formula is C15H23BrN2O3S. The molecule has 0 saturated heterocycles. The molecule has 0 unspecified atom stereocenters. The molecule has 0 fully saturated rings. The number of sulfonamides is 1. The Morgan fingerprint density at radius 3 is 2.50 bits per heavy atom. The van der Waals surface area contributed by atoms with Crippen molar-refractivity contribution in [1.82, 2.24) is 5.32 Å². The van der Waals surface area contributed by atoms with Crippen LogP contribution in [-0.4, -0.2) is 33.7 Å². The summed E-state index contributed by atoms with van der Waals surface area (Å²) in [5, 5.41) is 2.76. The first-order valence-electron chi connectivity index (χ1n) is 7.12. The lowest BCUT2D eigenvalue weighted by molar-refractivity contribution is -0.119. The number of halogens is 1. The van der Waals surface area contributed by atoms with Gasteiger partial charge in [0, 0.05) is 11.0 Å². The van der Waals surface area contributed by atoms with E-state index in [1.807, 2.05) is 13.0 Å². The van der Waals surface area contributed by atoms with Crippen LogP contribution in [0.1, 0.15) is 25.8 Å². The van der Waals surface area contributed by atoms with E-state index in [0.717, 1.165) is 27.0 Å². The lowest BCUT2D eigenvalue weighted by Gasteiger charge is -2.22. The molecule has 124 valence electrons. The van der Waals surface area contributed by atoms with Crippen LogP contribution in [0.4, 0.5) is 5.69 Å². The maximum Gasteiger partial charge on any atom is 0.240 e. The molecule has 0 aromatic heterocycles. The molecule has 0 aliphatic carbocycles. The quantitative estimate of drug-likeness (QED) is 0.777. The topological polar surface area (TPSA) is 66.5 Å². The van der Waals surface area contributed by atoms with Crippen molar-refractivity contribution < 1.29 is 13.2 Å². The van der Waals surface area contributed by atoms with Crippen molar-refractivity contribution in [2.45, 2.75) is 27.2 Å². The third-order valence-electron chi connectivity index (χ3n) is 3.17. The molecule has 0 aliphatic heterocycles. The van der Waals surface area contributed by atoms with Gasteiger partial charge in [-0.15, -0.1) is 0 Å². The summed E-state index contributed by atoms with van der Waals surface area (Å²) in [6, 6.07) is 5.22. The van der Waals surface area contributed by atoms with Gasteiger partial charge in [0.2, 0.25) is 15.9 Å².